The quantitative estimate of drug-likeness (QED) is 0.328. The van der Waals surface area contributed by atoms with Crippen molar-refractivity contribution in [3.05, 3.63) is 88.3 Å². The maximum Gasteiger partial charge on any atom is 0.172 e. The number of hydrogen-bond acceptors (Lipinski definition) is 2. The average Bonchev–Trinajstić information content (AvgIpc) is 2.55. The van der Waals surface area contributed by atoms with E-state index in [-0.39, 0.29) is 5.78 Å². The van der Waals surface area contributed by atoms with Gasteiger partial charge < -0.3 is 0 Å². The molecule has 1 unspecified atom stereocenters. The van der Waals surface area contributed by atoms with Gasteiger partial charge in [-0.2, -0.15) is 0 Å². The highest BCUT2D eigenvalue weighted by molar-refractivity contribution is 6.00. The predicted octanol–water partition coefficient (Wildman–Crippen LogP) is 4.65. The number of Topliss-reactive ketones (excluding diaryl/α,β-unsaturated/α-hetero) is 1. The standard InChI is InChI=1S/C17H15N3O/c18-20-19-16(17(21)15-11-5-2-6-12-15)13-7-10-14-8-3-1-4-9-14/h1-12,16H,13H2/b10-7+. The summed E-state index contributed by atoms with van der Waals surface area (Å²) in [6.45, 7) is 0. The third kappa shape index (κ3) is 4.34. The van der Waals surface area contributed by atoms with Gasteiger partial charge in [-0.05, 0) is 17.5 Å². The highest BCUT2D eigenvalue weighted by Crippen LogP contribution is 2.12. The predicted molar refractivity (Wildman–Crippen MR) is 83.8 cm³/mol. The summed E-state index contributed by atoms with van der Waals surface area (Å²) < 4.78 is 0. The fraction of sp³-hybridized carbons (Fsp3) is 0.118. The Morgan fingerprint density at radius 1 is 1.10 bits per heavy atom. The number of benzene rings is 2. The normalized spacial score (nSPS) is 11.8. The van der Waals surface area contributed by atoms with E-state index >= 15 is 0 Å². The van der Waals surface area contributed by atoms with Crippen molar-refractivity contribution < 1.29 is 4.79 Å². The zero-order valence-corrected chi connectivity index (χ0v) is 11.5. The van der Waals surface area contributed by atoms with Crippen LogP contribution in [0.25, 0.3) is 16.5 Å². The van der Waals surface area contributed by atoms with Crippen molar-refractivity contribution in [3.63, 3.8) is 0 Å². The molecule has 0 heterocycles. The van der Waals surface area contributed by atoms with E-state index in [0.717, 1.165) is 5.56 Å². The Morgan fingerprint density at radius 2 is 1.71 bits per heavy atom. The molecule has 2 aromatic rings. The van der Waals surface area contributed by atoms with E-state index < -0.39 is 6.04 Å². The van der Waals surface area contributed by atoms with Crippen LogP contribution in [0.4, 0.5) is 0 Å². The van der Waals surface area contributed by atoms with Crippen LogP contribution in [0.1, 0.15) is 22.3 Å². The average molecular weight is 277 g/mol. The highest BCUT2D eigenvalue weighted by Gasteiger charge is 2.16. The molecule has 2 rings (SSSR count). The molecule has 0 saturated heterocycles. The molecule has 21 heavy (non-hydrogen) atoms. The van der Waals surface area contributed by atoms with Crippen molar-refractivity contribution in [2.45, 2.75) is 12.5 Å². The maximum atomic E-state index is 12.3. The van der Waals surface area contributed by atoms with Crippen LogP contribution in [0, 0.1) is 0 Å². The maximum absolute atomic E-state index is 12.3. The number of nitrogens with zero attached hydrogens (tertiary/aromatic N) is 3. The lowest BCUT2D eigenvalue weighted by molar-refractivity contribution is 0.0962. The van der Waals surface area contributed by atoms with E-state index in [2.05, 4.69) is 10.0 Å². The molecule has 104 valence electrons. The highest BCUT2D eigenvalue weighted by atomic mass is 16.1. The van der Waals surface area contributed by atoms with Gasteiger partial charge in [0.25, 0.3) is 0 Å². The number of carbonyl (C=O) groups is 1. The molecule has 4 heteroatoms. The van der Waals surface area contributed by atoms with E-state index in [4.69, 9.17) is 5.53 Å². The molecule has 0 saturated carbocycles. The molecule has 0 spiro atoms. The van der Waals surface area contributed by atoms with Crippen LogP contribution < -0.4 is 0 Å². The summed E-state index contributed by atoms with van der Waals surface area (Å²) in [6.07, 6.45) is 4.15. The fourth-order valence-corrected chi connectivity index (χ4v) is 1.96. The molecule has 4 nitrogen and oxygen atoms in total. The Hall–Kier alpha value is -2.84. The van der Waals surface area contributed by atoms with Crippen molar-refractivity contribution in [2.75, 3.05) is 0 Å². The summed E-state index contributed by atoms with van der Waals surface area (Å²) in [6, 6.07) is 17.9. The smallest absolute Gasteiger partial charge is 0.172 e. The van der Waals surface area contributed by atoms with Crippen molar-refractivity contribution >= 4 is 11.9 Å². The van der Waals surface area contributed by atoms with Crippen molar-refractivity contribution in [1.82, 2.24) is 0 Å². The van der Waals surface area contributed by atoms with Crippen molar-refractivity contribution in [2.24, 2.45) is 5.11 Å². The molecule has 0 bridgehead atoms. The molecule has 0 amide bonds. The summed E-state index contributed by atoms with van der Waals surface area (Å²) in [7, 11) is 0. The van der Waals surface area contributed by atoms with Crippen LogP contribution in [0.2, 0.25) is 0 Å². The minimum absolute atomic E-state index is 0.161. The second-order valence-corrected chi connectivity index (χ2v) is 4.50. The van der Waals surface area contributed by atoms with Gasteiger partial charge in [-0.25, -0.2) is 0 Å². The molecule has 2 aromatic carbocycles. The number of azide groups is 1. The lowest BCUT2D eigenvalue weighted by Gasteiger charge is -2.07. The molecule has 0 N–H and O–H groups in total. The SMILES string of the molecule is [N-]=[N+]=NC(C/C=C/c1ccccc1)C(=O)c1ccccc1. The summed E-state index contributed by atoms with van der Waals surface area (Å²) in [5.41, 5.74) is 10.2. The van der Waals surface area contributed by atoms with Crippen molar-refractivity contribution in [3.8, 4) is 0 Å². The second kappa shape index (κ2) is 7.68. The topological polar surface area (TPSA) is 65.8 Å². The second-order valence-electron chi connectivity index (χ2n) is 4.50. The first-order valence-electron chi connectivity index (χ1n) is 6.66. The number of ketones is 1. The molecule has 0 aliphatic carbocycles. The Balaban J connectivity index is 2.08. The Morgan fingerprint density at radius 3 is 2.33 bits per heavy atom. The van der Waals surface area contributed by atoms with E-state index in [9.17, 15) is 4.79 Å². The molecular formula is C17H15N3O. The fourth-order valence-electron chi connectivity index (χ4n) is 1.96. The van der Waals surface area contributed by atoms with Gasteiger partial charge in [0.05, 0.1) is 0 Å². The van der Waals surface area contributed by atoms with Gasteiger partial charge in [-0.15, -0.1) is 0 Å². The molecule has 0 radical (unpaired) electrons. The number of hydrogen-bond donors (Lipinski definition) is 0. The minimum Gasteiger partial charge on any atom is -0.294 e. The number of rotatable bonds is 6. The van der Waals surface area contributed by atoms with Gasteiger partial charge in [-0.1, -0.05) is 77.9 Å². The van der Waals surface area contributed by atoms with Crippen LogP contribution in [0.5, 0.6) is 0 Å². The molecule has 0 fully saturated rings. The Bertz CT molecular complexity index is 659. The zero-order chi connectivity index (χ0) is 14.9. The van der Waals surface area contributed by atoms with Gasteiger partial charge >= 0.3 is 0 Å². The molecule has 0 aliphatic heterocycles. The van der Waals surface area contributed by atoms with Crippen LogP contribution in [-0.4, -0.2) is 11.8 Å². The molecule has 1 atom stereocenters. The van der Waals surface area contributed by atoms with Gasteiger partial charge in [0.15, 0.2) is 5.78 Å². The van der Waals surface area contributed by atoms with Crippen LogP contribution in [-0.2, 0) is 0 Å². The largest absolute Gasteiger partial charge is 0.294 e. The Kier molecular flexibility index (Phi) is 5.33. The van der Waals surface area contributed by atoms with Gasteiger partial charge in [0.1, 0.15) is 6.04 Å². The van der Waals surface area contributed by atoms with Gasteiger partial charge in [0, 0.05) is 10.5 Å². The third-order valence-corrected chi connectivity index (χ3v) is 3.02. The van der Waals surface area contributed by atoms with E-state index in [1.54, 1.807) is 24.3 Å². The van der Waals surface area contributed by atoms with Crippen LogP contribution >= 0.6 is 0 Å². The first kappa shape index (κ1) is 14.6. The van der Waals surface area contributed by atoms with E-state index in [1.165, 1.54) is 0 Å². The number of carbonyl (C=O) groups excluding carboxylic acids is 1. The molecular weight excluding hydrogens is 262 g/mol. The third-order valence-electron chi connectivity index (χ3n) is 3.02. The van der Waals surface area contributed by atoms with Crippen LogP contribution in [0.3, 0.4) is 0 Å². The summed E-state index contributed by atoms with van der Waals surface area (Å²) in [5.74, 6) is -0.161. The van der Waals surface area contributed by atoms with Gasteiger partial charge in [0.2, 0.25) is 0 Å². The first-order chi connectivity index (χ1) is 10.3. The molecule has 0 aromatic heterocycles. The summed E-state index contributed by atoms with van der Waals surface area (Å²) in [5, 5.41) is 3.61. The van der Waals surface area contributed by atoms with E-state index in [0.29, 0.717) is 12.0 Å². The first-order valence-corrected chi connectivity index (χ1v) is 6.66. The minimum atomic E-state index is -0.711. The lowest BCUT2D eigenvalue weighted by Crippen LogP contribution is -2.17. The monoisotopic (exact) mass is 277 g/mol. The van der Waals surface area contributed by atoms with Crippen LogP contribution in [0.15, 0.2) is 71.9 Å². The zero-order valence-electron chi connectivity index (χ0n) is 11.5. The Labute approximate surface area is 123 Å². The lowest BCUT2D eigenvalue weighted by atomic mass is 10.0. The van der Waals surface area contributed by atoms with E-state index in [1.807, 2.05) is 48.6 Å². The van der Waals surface area contributed by atoms with Gasteiger partial charge in [-0.3, -0.25) is 4.79 Å². The molecule has 0 aliphatic rings. The van der Waals surface area contributed by atoms with Crippen molar-refractivity contribution in [1.29, 1.82) is 0 Å². The summed E-state index contributed by atoms with van der Waals surface area (Å²) in [4.78, 5) is 15.1. The summed E-state index contributed by atoms with van der Waals surface area (Å²) >= 11 is 0.